The maximum atomic E-state index is 13.1. The van der Waals surface area contributed by atoms with Crippen LogP contribution in [0.5, 0.6) is 0 Å². The minimum atomic E-state index is -0.266. The molecule has 0 bridgehead atoms. The molecule has 2 aromatic carbocycles. The predicted octanol–water partition coefficient (Wildman–Crippen LogP) is 3.98. The summed E-state index contributed by atoms with van der Waals surface area (Å²) in [5.74, 6) is 0.327. The third-order valence-corrected chi connectivity index (χ3v) is 5.20. The first-order valence-corrected chi connectivity index (χ1v) is 9.41. The minimum Gasteiger partial charge on any atom is -0.352 e. The molecule has 0 fully saturated rings. The molecule has 0 unspecified atom stereocenters. The monoisotopic (exact) mass is 380 g/mol. The van der Waals surface area contributed by atoms with Gasteiger partial charge in [0, 0.05) is 24.7 Å². The second-order valence-electron chi connectivity index (χ2n) is 6.06. The third kappa shape index (κ3) is 3.59. The highest BCUT2D eigenvalue weighted by Gasteiger charge is 2.14. The lowest BCUT2D eigenvalue weighted by atomic mass is 10.2. The van der Waals surface area contributed by atoms with Crippen LogP contribution in [0.3, 0.4) is 0 Å². The van der Waals surface area contributed by atoms with Crippen molar-refractivity contribution in [3.63, 3.8) is 0 Å². The first-order valence-electron chi connectivity index (χ1n) is 8.60. The van der Waals surface area contributed by atoms with Gasteiger partial charge in [0.05, 0.1) is 0 Å². The number of rotatable bonds is 5. The lowest BCUT2D eigenvalue weighted by molar-refractivity contribution is 0.626. The highest BCUT2D eigenvalue weighted by Crippen LogP contribution is 2.25. The van der Waals surface area contributed by atoms with Crippen molar-refractivity contribution < 1.29 is 4.39 Å². The van der Waals surface area contributed by atoms with E-state index < -0.39 is 0 Å². The summed E-state index contributed by atoms with van der Waals surface area (Å²) in [5.41, 5.74) is 1.69. The Morgan fingerprint density at radius 3 is 2.56 bits per heavy atom. The summed E-state index contributed by atoms with van der Waals surface area (Å²) < 4.78 is 14.5. The molecule has 0 aliphatic carbocycles. The van der Waals surface area contributed by atoms with E-state index in [0.29, 0.717) is 23.9 Å². The number of nitrogens with zero attached hydrogens (tertiary/aromatic N) is 4. The summed E-state index contributed by atoms with van der Waals surface area (Å²) >= 11 is 1.38. The summed E-state index contributed by atoms with van der Waals surface area (Å²) in [6.45, 7) is 3.21. The van der Waals surface area contributed by atoms with Crippen LogP contribution in [0, 0.1) is 5.82 Å². The SMILES string of the molecule is CCN(Cc1ccc(F)cc1)c1cc(=O)n2nc(-c3ccccc3)sc2n1. The van der Waals surface area contributed by atoms with E-state index in [1.807, 2.05) is 42.2 Å². The second kappa shape index (κ2) is 7.28. The Bertz CT molecular complexity index is 1120. The maximum Gasteiger partial charge on any atom is 0.277 e. The summed E-state index contributed by atoms with van der Waals surface area (Å²) in [6.07, 6.45) is 0. The van der Waals surface area contributed by atoms with Gasteiger partial charge < -0.3 is 4.90 Å². The van der Waals surface area contributed by atoms with Crippen LogP contribution in [0.1, 0.15) is 12.5 Å². The molecule has 0 radical (unpaired) electrons. The Balaban J connectivity index is 1.70. The largest absolute Gasteiger partial charge is 0.352 e. The zero-order chi connectivity index (χ0) is 18.8. The highest BCUT2D eigenvalue weighted by atomic mass is 32.1. The van der Waals surface area contributed by atoms with Gasteiger partial charge in [0.2, 0.25) is 4.96 Å². The molecule has 0 saturated carbocycles. The molecule has 0 saturated heterocycles. The van der Waals surface area contributed by atoms with Crippen LogP contribution in [-0.4, -0.2) is 21.1 Å². The van der Waals surface area contributed by atoms with E-state index in [4.69, 9.17) is 0 Å². The third-order valence-electron chi connectivity index (χ3n) is 4.24. The molecule has 0 amide bonds. The van der Waals surface area contributed by atoms with Crippen LogP contribution in [0.4, 0.5) is 10.2 Å². The molecule has 0 spiro atoms. The van der Waals surface area contributed by atoms with Crippen molar-refractivity contribution >= 4 is 22.1 Å². The first-order chi connectivity index (χ1) is 13.1. The summed E-state index contributed by atoms with van der Waals surface area (Å²) in [4.78, 5) is 19.7. The van der Waals surface area contributed by atoms with E-state index >= 15 is 0 Å². The van der Waals surface area contributed by atoms with Gasteiger partial charge in [0.25, 0.3) is 5.56 Å². The fraction of sp³-hybridized carbons (Fsp3) is 0.150. The van der Waals surface area contributed by atoms with Crippen molar-refractivity contribution in [3.8, 4) is 10.6 Å². The van der Waals surface area contributed by atoms with Gasteiger partial charge in [0.15, 0.2) is 0 Å². The molecule has 0 aliphatic rings. The second-order valence-corrected chi connectivity index (χ2v) is 7.02. The number of hydrogen-bond acceptors (Lipinski definition) is 5. The van der Waals surface area contributed by atoms with Gasteiger partial charge in [0.1, 0.15) is 16.6 Å². The Morgan fingerprint density at radius 1 is 1.11 bits per heavy atom. The predicted molar refractivity (Wildman–Crippen MR) is 106 cm³/mol. The molecule has 27 heavy (non-hydrogen) atoms. The minimum absolute atomic E-state index is 0.217. The van der Waals surface area contributed by atoms with E-state index in [1.165, 1.54) is 34.1 Å². The molecule has 4 rings (SSSR count). The van der Waals surface area contributed by atoms with Crippen molar-refractivity contribution in [1.82, 2.24) is 14.6 Å². The van der Waals surface area contributed by atoms with E-state index in [2.05, 4.69) is 10.1 Å². The van der Waals surface area contributed by atoms with Crippen LogP contribution in [0.15, 0.2) is 65.5 Å². The standard InChI is InChI=1S/C20H17FN4OS/c1-2-24(13-14-8-10-16(21)11-9-14)17-12-18(26)25-20(22-17)27-19(23-25)15-6-4-3-5-7-15/h3-12H,2,13H2,1H3. The molecule has 2 heterocycles. The van der Waals surface area contributed by atoms with Gasteiger partial charge in [-0.25, -0.2) is 9.37 Å². The van der Waals surface area contributed by atoms with Gasteiger partial charge >= 0.3 is 0 Å². The van der Waals surface area contributed by atoms with Crippen molar-refractivity contribution in [1.29, 1.82) is 0 Å². The summed E-state index contributed by atoms with van der Waals surface area (Å²) in [5, 5.41) is 5.15. The smallest absolute Gasteiger partial charge is 0.277 e. The van der Waals surface area contributed by atoms with Crippen LogP contribution in [0.25, 0.3) is 15.5 Å². The number of benzene rings is 2. The lowest BCUT2D eigenvalue weighted by Crippen LogP contribution is -2.26. The zero-order valence-electron chi connectivity index (χ0n) is 14.7. The van der Waals surface area contributed by atoms with Crippen molar-refractivity contribution in [3.05, 3.63) is 82.4 Å². The number of fused-ring (bicyclic) bond motifs is 1. The Kier molecular flexibility index (Phi) is 4.68. The maximum absolute atomic E-state index is 13.1. The molecule has 7 heteroatoms. The Labute approximate surface area is 159 Å². The van der Waals surface area contributed by atoms with E-state index in [0.717, 1.165) is 16.1 Å². The number of halogens is 1. The number of hydrogen-bond donors (Lipinski definition) is 0. The molecule has 2 aromatic heterocycles. The Hall–Kier alpha value is -3.06. The number of aromatic nitrogens is 3. The zero-order valence-corrected chi connectivity index (χ0v) is 15.5. The highest BCUT2D eigenvalue weighted by molar-refractivity contribution is 7.19. The topological polar surface area (TPSA) is 50.5 Å². The van der Waals surface area contributed by atoms with Crippen molar-refractivity contribution in [2.45, 2.75) is 13.5 Å². The molecule has 0 N–H and O–H groups in total. The average molecular weight is 380 g/mol. The first kappa shape index (κ1) is 17.4. The Morgan fingerprint density at radius 2 is 1.85 bits per heavy atom. The molecular formula is C20H17FN4OS. The quantitative estimate of drug-likeness (QED) is 0.525. The fourth-order valence-electron chi connectivity index (χ4n) is 2.82. The van der Waals surface area contributed by atoms with Crippen LogP contribution in [-0.2, 0) is 6.54 Å². The van der Waals surface area contributed by atoms with Gasteiger partial charge in [-0.05, 0) is 24.6 Å². The molecular weight excluding hydrogens is 363 g/mol. The van der Waals surface area contributed by atoms with Gasteiger partial charge in [-0.15, -0.1) is 0 Å². The summed E-state index contributed by atoms with van der Waals surface area (Å²) in [7, 11) is 0. The van der Waals surface area contributed by atoms with E-state index in [-0.39, 0.29) is 11.4 Å². The van der Waals surface area contributed by atoms with Crippen molar-refractivity contribution in [2.75, 3.05) is 11.4 Å². The van der Waals surface area contributed by atoms with Gasteiger partial charge in [-0.1, -0.05) is 53.8 Å². The van der Waals surface area contributed by atoms with Gasteiger partial charge in [-0.3, -0.25) is 4.79 Å². The van der Waals surface area contributed by atoms with Crippen LogP contribution in [0.2, 0.25) is 0 Å². The lowest BCUT2D eigenvalue weighted by Gasteiger charge is -2.21. The molecule has 0 aliphatic heterocycles. The molecule has 4 aromatic rings. The summed E-state index contributed by atoms with van der Waals surface area (Å²) in [6, 6.07) is 17.6. The van der Waals surface area contributed by atoms with Crippen LogP contribution >= 0.6 is 11.3 Å². The van der Waals surface area contributed by atoms with E-state index in [1.54, 1.807) is 12.1 Å². The number of anilines is 1. The molecule has 136 valence electrons. The molecule has 5 nitrogen and oxygen atoms in total. The van der Waals surface area contributed by atoms with Crippen LogP contribution < -0.4 is 10.5 Å². The van der Waals surface area contributed by atoms with E-state index in [9.17, 15) is 9.18 Å². The van der Waals surface area contributed by atoms with Gasteiger partial charge in [-0.2, -0.15) is 9.61 Å². The molecule has 0 atom stereocenters. The fourth-order valence-corrected chi connectivity index (χ4v) is 3.73. The average Bonchev–Trinajstić information content (AvgIpc) is 3.13. The van der Waals surface area contributed by atoms with Crippen molar-refractivity contribution in [2.24, 2.45) is 0 Å². The normalized spacial score (nSPS) is 11.0.